The van der Waals surface area contributed by atoms with Gasteiger partial charge in [-0.25, -0.2) is 0 Å². The highest BCUT2D eigenvalue weighted by Gasteiger charge is 2.30. The van der Waals surface area contributed by atoms with Gasteiger partial charge in [0.2, 0.25) is 0 Å². The summed E-state index contributed by atoms with van der Waals surface area (Å²) in [6.45, 7) is 0. The molecule has 1 aliphatic carbocycles. The third-order valence-corrected chi connectivity index (χ3v) is 4.47. The fourth-order valence-corrected chi connectivity index (χ4v) is 3.41. The van der Waals surface area contributed by atoms with E-state index in [2.05, 4.69) is 0 Å². The third-order valence-electron chi connectivity index (χ3n) is 4.47. The van der Waals surface area contributed by atoms with Crippen LogP contribution in [0.5, 0.6) is 0 Å². The fourth-order valence-electron chi connectivity index (χ4n) is 3.41. The monoisotopic (exact) mass is 310 g/mol. The second kappa shape index (κ2) is 6.24. The van der Waals surface area contributed by atoms with Gasteiger partial charge in [0.05, 0.1) is 5.92 Å². The van der Waals surface area contributed by atoms with Crippen LogP contribution in [-0.2, 0) is 9.59 Å². The van der Waals surface area contributed by atoms with Gasteiger partial charge >= 0.3 is 11.9 Å². The number of carbonyl (C=O) groups is 2. The van der Waals surface area contributed by atoms with Crippen molar-refractivity contribution in [1.29, 1.82) is 0 Å². The van der Waals surface area contributed by atoms with Crippen molar-refractivity contribution in [3.05, 3.63) is 53.6 Å². The van der Waals surface area contributed by atoms with Crippen molar-refractivity contribution in [2.24, 2.45) is 5.92 Å². The first-order valence-corrected chi connectivity index (χ1v) is 7.72. The van der Waals surface area contributed by atoms with Gasteiger partial charge in [0.1, 0.15) is 0 Å². The van der Waals surface area contributed by atoms with Crippen LogP contribution < -0.4 is 0 Å². The molecule has 2 unspecified atom stereocenters. The van der Waals surface area contributed by atoms with Crippen LogP contribution in [0.3, 0.4) is 0 Å². The third kappa shape index (κ3) is 2.97. The molecular weight excluding hydrogens is 292 g/mol. The summed E-state index contributed by atoms with van der Waals surface area (Å²) in [4.78, 5) is 22.4. The maximum atomic E-state index is 11.7. The Morgan fingerprint density at radius 1 is 1.09 bits per heavy atom. The molecule has 4 heteroatoms. The molecule has 1 aliphatic rings. The highest BCUT2D eigenvalue weighted by molar-refractivity contribution is 5.96. The molecule has 0 spiro atoms. The van der Waals surface area contributed by atoms with Crippen LogP contribution in [0.1, 0.15) is 36.3 Å². The number of allylic oxidation sites excluding steroid dienone is 1. The average Bonchev–Trinajstić information content (AvgIpc) is 2.53. The first-order chi connectivity index (χ1) is 11.1. The smallest absolute Gasteiger partial charge is 0.307 e. The van der Waals surface area contributed by atoms with Crippen LogP contribution in [-0.4, -0.2) is 22.2 Å². The number of carboxylic acids is 2. The van der Waals surface area contributed by atoms with E-state index in [1.54, 1.807) is 0 Å². The molecule has 0 fully saturated rings. The molecule has 118 valence electrons. The molecule has 0 heterocycles. The summed E-state index contributed by atoms with van der Waals surface area (Å²) < 4.78 is 0. The summed E-state index contributed by atoms with van der Waals surface area (Å²) in [6.07, 6.45) is 4.65. The Bertz CT molecular complexity index is 786. The minimum atomic E-state index is -0.888. The predicted molar refractivity (Wildman–Crippen MR) is 88.3 cm³/mol. The van der Waals surface area contributed by atoms with E-state index < -0.39 is 17.9 Å². The van der Waals surface area contributed by atoms with Crippen molar-refractivity contribution in [2.75, 3.05) is 0 Å². The molecule has 0 radical (unpaired) electrons. The van der Waals surface area contributed by atoms with E-state index in [0.29, 0.717) is 12.8 Å². The lowest BCUT2D eigenvalue weighted by molar-refractivity contribution is -0.143. The molecule has 0 saturated heterocycles. The largest absolute Gasteiger partial charge is 0.481 e. The van der Waals surface area contributed by atoms with Gasteiger partial charge in [-0.1, -0.05) is 48.6 Å². The van der Waals surface area contributed by atoms with E-state index in [4.69, 9.17) is 5.11 Å². The summed E-state index contributed by atoms with van der Waals surface area (Å²) in [7, 11) is 0. The number of hydrogen-bond acceptors (Lipinski definition) is 2. The van der Waals surface area contributed by atoms with Gasteiger partial charge in [-0.3, -0.25) is 9.59 Å². The zero-order chi connectivity index (χ0) is 16.4. The Labute approximate surface area is 134 Å². The zero-order valence-electron chi connectivity index (χ0n) is 12.6. The van der Waals surface area contributed by atoms with E-state index >= 15 is 0 Å². The molecule has 0 amide bonds. The van der Waals surface area contributed by atoms with Gasteiger partial charge in [0.25, 0.3) is 0 Å². The summed E-state index contributed by atoms with van der Waals surface area (Å²) in [5.74, 6) is -2.59. The molecule has 3 rings (SSSR count). The zero-order valence-corrected chi connectivity index (χ0v) is 12.6. The number of hydrogen-bond donors (Lipinski definition) is 2. The summed E-state index contributed by atoms with van der Waals surface area (Å²) >= 11 is 0. The van der Waals surface area contributed by atoms with Crippen LogP contribution in [0.4, 0.5) is 0 Å². The van der Waals surface area contributed by atoms with Crippen molar-refractivity contribution < 1.29 is 19.8 Å². The summed E-state index contributed by atoms with van der Waals surface area (Å²) in [6, 6.07) is 12.0. The number of benzene rings is 2. The Hall–Kier alpha value is -2.62. The summed E-state index contributed by atoms with van der Waals surface area (Å²) in [5.41, 5.74) is 2.12. The lowest BCUT2D eigenvalue weighted by Gasteiger charge is -2.26. The quantitative estimate of drug-likeness (QED) is 0.848. The number of carboxylic acid groups (broad SMARTS) is 2. The van der Waals surface area contributed by atoms with Crippen LogP contribution in [0.2, 0.25) is 0 Å². The lowest BCUT2D eigenvalue weighted by atomic mass is 9.77. The molecule has 2 aromatic carbocycles. The fraction of sp³-hybridized carbons (Fsp3) is 0.263. The summed E-state index contributed by atoms with van der Waals surface area (Å²) in [5, 5.41) is 20.6. The van der Waals surface area contributed by atoms with Crippen LogP contribution in [0, 0.1) is 5.92 Å². The number of aliphatic carboxylic acids is 2. The van der Waals surface area contributed by atoms with Gasteiger partial charge in [-0.15, -0.1) is 0 Å². The molecular formula is C19H18O4. The maximum absolute atomic E-state index is 11.7. The SMILES string of the molecule is O=C(O)CCCC(C(=O)O)C1C=Cc2cccc3cccc1c23. The second-order valence-corrected chi connectivity index (χ2v) is 5.91. The molecule has 2 aromatic rings. The minimum Gasteiger partial charge on any atom is -0.481 e. The molecule has 0 aromatic heterocycles. The first kappa shape index (κ1) is 15.3. The molecule has 0 saturated carbocycles. The molecule has 0 bridgehead atoms. The van der Waals surface area contributed by atoms with Gasteiger partial charge in [-0.2, -0.15) is 0 Å². The van der Waals surface area contributed by atoms with Crippen LogP contribution in [0.15, 0.2) is 42.5 Å². The normalized spacial score (nSPS) is 17.1. The minimum absolute atomic E-state index is 0.000994. The van der Waals surface area contributed by atoms with E-state index in [1.807, 2.05) is 48.6 Å². The van der Waals surface area contributed by atoms with E-state index in [1.165, 1.54) is 0 Å². The molecule has 0 aliphatic heterocycles. The lowest BCUT2D eigenvalue weighted by Crippen LogP contribution is -2.22. The molecule has 4 nitrogen and oxygen atoms in total. The van der Waals surface area contributed by atoms with Gasteiger partial charge < -0.3 is 10.2 Å². The number of rotatable bonds is 6. The average molecular weight is 310 g/mol. The van der Waals surface area contributed by atoms with Crippen molar-refractivity contribution in [1.82, 2.24) is 0 Å². The Morgan fingerprint density at radius 2 is 1.83 bits per heavy atom. The van der Waals surface area contributed by atoms with E-state index in [9.17, 15) is 14.7 Å². The van der Waals surface area contributed by atoms with Crippen molar-refractivity contribution in [3.63, 3.8) is 0 Å². The molecule has 23 heavy (non-hydrogen) atoms. The van der Waals surface area contributed by atoms with Gasteiger partial charge in [-0.05, 0) is 34.7 Å². The van der Waals surface area contributed by atoms with E-state index in [-0.39, 0.29) is 12.3 Å². The van der Waals surface area contributed by atoms with Gasteiger partial charge in [0.15, 0.2) is 0 Å². The highest BCUT2D eigenvalue weighted by atomic mass is 16.4. The van der Waals surface area contributed by atoms with Crippen LogP contribution >= 0.6 is 0 Å². The molecule has 2 atom stereocenters. The highest BCUT2D eigenvalue weighted by Crippen LogP contribution is 2.40. The molecule has 2 N–H and O–H groups in total. The van der Waals surface area contributed by atoms with Crippen LogP contribution in [0.25, 0.3) is 16.8 Å². The maximum Gasteiger partial charge on any atom is 0.307 e. The van der Waals surface area contributed by atoms with Crippen molar-refractivity contribution in [3.8, 4) is 0 Å². The van der Waals surface area contributed by atoms with E-state index in [0.717, 1.165) is 21.9 Å². The van der Waals surface area contributed by atoms with Crippen molar-refractivity contribution >= 4 is 28.8 Å². The first-order valence-electron chi connectivity index (χ1n) is 7.72. The topological polar surface area (TPSA) is 74.6 Å². The van der Waals surface area contributed by atoms with Gasteiger partial charge in [0, 0.05) is 12.3 Å². The Morgan fingerprint density at radius 3 is 2.52 bits per heavy atom. The standard InChI is InChI=1S/C19H18O4/c20-17(21)9-3-8-16(19(22)23)14-11-10-13-5-1-4-12-6-2-7-15(14)18(12)13/h1-2,4-7,10-11,14,16H,3,8-9H2,(H,20,21)(H,22,23). The Balaban J connectivity index is 1.96. The second-order valence-electron chi connectivity index (χ2n) is 5.91. The Kier molecular flexibility index (Phi) is 4.15. The van der Waals surface area contributed by atoms with Crippen molar-refractivity contribution in [2.45, 2.75) is 25.2 Å². The predicted octanol–water partition coefficient (Wildman–Crippen LogP) is 3.91.